The van der Waals surface area contributed by atoms with Gasteiger partial charge in [-0.05, 0) is 116 Å². The number of nitrogens with one attached hydrogen (secondary N) is 1. The van der Waals surface area contributed by atoms with E-state index in [1.165, 1.54) is 23.4 Å². The SMILES string of the molecule is Cc1c(-c2cc3cc(NC(=O)OC4CC5(CCN(C(=O)OC(C)(C)C)CC5)C4)ncc3cc2F)cnc2c1N(C(=O)OC(C)(C)C)C(C)CO2. The molecule has 1 aromatic carbocycles. The topological polar surface area (TPSA) is 132 Å². The van der Waals surface area contributed by atoms with Gasteiger partial charge in [0.25, 0.3) is 0 Å². The monoisotopic (exact) mass is 691 g/mol. The Morgan fingerprint density at radius 1 is 0.920 bits per heavy atom. The van der Waals surface area contributed by atoms with Gasteiger partial charge < -0.3 is 23.8 Å². The fourth-order valence-corrected chi connectivity index (χ4v) is 6.92. The minimum atomic E-state index is -0.715. The molecular formula is C37H46FN5O7. The van der Waals surface area contributed by atoms with Gasteiger partial charge in [-0.15, -0.1) is 0 Å². The Kier molecular flexibility index (Phi) is 9.06. The van der Waals surface area contributed by atoms with Gasteiger partial charge in [0, 0.05) is 42.0 Å². The lowest BCUT2D eigenvalue weighted by Gasteiger charge is -2.51. The number of ether oxygens (including phenoxy) is 4. The Morgan fingerprint density at radius 2 is 1.58 bits per heavy atom. The first-order valence-corrected chi connectivity index (χ1v) is 17.1. The highest BCUT2D eigenvalue weighted by atomic mass is 19.1. The van der Waals surface area contributed by atoms with E-state index < -0.39 is 29.2 Å². The van der Waals surface area contributed by atoms with Gasteiger partial charge in [0.15, 0.2) is 0 Å². The summed E-state index contributed by atoms with van der Waals surface area (Å²) < 4.78 is 38.4. The van der Waals surface area contributed by atoms with Crippen LogP contribution in [0.4, 0.5) is 30.3 Å². The van der Waals surface area contributed by atoms with Crippen LogP contribution in [0.1, 0.15) is 79.7 Å². The summed E-state index contributed by atoms with van der Waals surface area (Å²) in [6.45, 7) is 16.1. The first-order valence-electron chi connectivity index (χ1n) is 17.1. The zero-order chi connectivity index (χ0) is 36.2. The summed E-state index contributed by atoms with van der Waals surface area (Å²) >= 11 is 0. The van der Waals surface area contributed by atoms with E-state index in [1.54, 1.807) is 44.7 Å². The molecule has 12 nitrogen and oxygen atoms in total. The number of carbonyl (C=O) groups is 3. The third kappa shape index (κ3) is 7.41. The van der Waals surface area contributed by atoms with Crippen molar-refractivity contribution < 1.29 is 37.7 Å². The number of hydrogen-bond acceptors (Lipinski definition) is 9. The summed E-state index contributed by atoms with van der Waals surface area (Å²) in [4.78, 5) is 50.6. The third-order valence-corrected chi connectivity index (χ3v) is 9.40. The van der Waals surface area contributed by atoms with Gasteiger partial charge in [-0.25, -0.2) is 28.7 Å². The van der Waals surface area contributed by atoms with Crippen molar-refractivity contribution in [1.29, 1.82) is 0 Å². The van der Waals surface area contributed by atoms with Crippen LogP contribution in [0, 0.1) is 18.2 Å². The molecule has 0 radical (unpaired) electrons. The number of anilines is 2. The van der Waals surface area contributed by atoms with E-state index in [1.807, 2.05) is 27.7 Å². The van der Waals surface area contributed by atoms with Crippen LogP contribution >= 0.6 is 0 Å². The summed E-state index contributed by atoms with van der Waals surface area (Å²) in [5.74, 6) is 0.0429. The first-order chi connectivity index (χ1) is 23.4. The molecule has 3 aromatic rings. The van der Waals surface area contributed by atoms with Crippen molar-refractivity contribution in [1.82, 2.24) is 14.9 Å². The van der Waals surface area contributed by atoms with Crippen molar-refractivity contribution in [2.75, 3.05) is 29.9 Å². The standard InChI is InChI=1S/C37H46FN5O7/c1-21-20-47-31-30(43(21)34(46)50-36(6,7)8)22(2)27(19-40-31)26-13-23-15-29(39-18-24(23)14-28(26)38)41-32(44)48-25-16-37(17-25)9-11-42(12-10-37)33(45)49-35(3,4)5/h13-15,18-19,21,25H,9-12,16-17,20H2,1-8H3,(H,39,41,44). The maximum atomic E-state index is 15.6. The molecule has 1 N–H and O–H groups in total. The summed E-state index contributed by atoms with van der Waals surface area (Å²) in [7, 11) is 0. The van der Waals surface area contributed by atoms with Crippen molar-refractivity contribution >= 4 is 40.6 Å². The van der Waals surface area contributed by atoms with Gasteiger partial charge >= 0.3 is 18.3 Å². The minimum Gasteiger partial charge on any atom is -0.474 e. The molecule has 1 saturated carbocycles. The van der Waals surface area contributed by atoms with Gasteiger partial charge in [0.2, 0.25) is 5.88 Å². The molecule has 2 aliphatic heterocycles. The van der Waals surface area contributed by atoms with Crippen molar-refractivity contribution in [3.63, 3.8) is 0 Å². The van der Waals surface area contributed by atoms with E-state index in [0.717, 1.165) is 25.7 Å². The molecule has 50 heavy (non-hydrogen) atoms. The molecule has 1 spiro atoms. The smallest absolute Gasteiger partial charge is 0.415 e. The molecule has 1 saturated heterocycles. The lowest BCUT2D eigenvalue weighted by Crippen LogP contribution is -2.52. The second-order valence-electron chi connectivity index (χ2n) is 15.7. The van der Waals surface area contributed by atoms with Crippen molar-refractivity contribution in [3.8, 4) is 17.0 Å². The number of amides is 3. The Morgan fingerprint density at radius 3 is 2.24 bits per heavy atom. The average molecular weight is 692 g/mol. The Bertz CT molecular complexity index is 1820. The van der Waals surface area contributed by atoms with E-state index in [4.69, 9.17) is 18.9 Å². The average Bonchev–Trinajstić information content (AvgIpc) is 2.99. The normalized spacial score (nSPS) is 18.9. The van der Waals surface area contributed by atoms with Gasteiger partial charge in [0.05, 0.1) is 6.04 Å². The van der Waals surface area contributed by atoms with Crippen LogP contribution in [0.15, 0.2) is 30.6 Å². The predicted molar refractivity (Wildman–Crippen MR) is 186 cm³/mol. The van der Waals surface area contributed by atoms with Crippen molar-refractivity contribution in [2.45, 2.75) is 104 Å². The largest absolute Gasteiger partial charge is 0.474 e. The first kappa shape index (κ1) is 35.2. The molecular weight excluding hydrogens is 645 g/mol. The van der Waals surface area contributed by atoms with Crippen LogP contribution in [0.25, 0.3) is 21.9 Å². The van der Waals surface area contributed by atoms with Gasteiger partial charge in [-0.3, -0.25) is 10.2 Å². The van der Waals surface area contributed by atoms with Crippen LogP contribution in [-0.4, -0.2) is 76.2 Å². The molecule has 2 aromatic heterocycles. The predicted octanol–water partition coefficient (Wildman–Crippen LogP) is 7.99. The van der Waals surface area contributed by atoms with E-state index in [0.29, 0.717) is 40.7 Å². The summed E-state index contributed by atoms with van der Waals surface area (Å²) in [5, 5.41) is 3.89. The number of carbonyl (C=O) groups excluding carboxylic acids is 3. The quantitative estimate of drug-likeness (QED) is 0.271. The number of benzene rings is 1. The van der Waals surface area contributed by atoms with E-state index >= 15 is 4.39 Å². The molecule has 3 aliphatic rings. The molecule has 4 heterocycles. The van der Waals surface area contributed by atoms with Crippen molar-refractivity contribution in [2.24, 2.45) is 5.41 Å². The molecule has 1 aliphatic carbocycles. The highest BCUT2D eigenvalue weighted by molar-refractivity contribution is 5.96. The van der Waals surface area contributed by atoms with Gasteiger partial charge in [-0.2, -0.15) is 0 Å². The van der Waals surface area contributed by atoms with Crippen LogP contribution in [-0.2, 0) is 14.2 Å². The number of nitrogens with zero attached hydrogens (tertiary/aromatic N) is 4. The molecule has 1 unspecified atom stereocenters. The fraction of sp³-hybridized carbons (Fsp3) is 0.541. The van der Waals surface area contributed by atoms with Crippen LogP contribution in [0.3, 0.4) is 0 Å². The maximum absolute atomic E-state index is 15.6. The van der Waals surface area contributed by atoms with Gasteiger partial charge in [0.1, 0.15) is 41.2 Å². The zero-order valence-corrected chi connectivity index (χ0v) is 30.0. The number of pyridine rings is 2. The Balaban J connectivity index is 1.13. The van der Waals surface area contributed by atoms with Crippen molar-refractivity contribution in [3.05, 3.63) is 42.0 Å². The second-order valence-corrected chi connectivity index (χ2v) is 15.7. The second kappa shape index (κ2) is 12.9. The van der Waals surface area contributed by atoms with E-state index in [9.17, 15) is 14.4 Å². The molecule has 1 atom stereocenters. The van der Waals surface area contributed by atoms with E-state index in [2.05, 4.69) is 15.3 Å². The molecule has 268 valence electrons. The van der Waals surface area contributed by atoms with Gasteiger partial charge in [-0.1, -0.05) is 0 Å². The lowest BCUT2D eigenvalue weighted by molar-refractivity contribution is -0.0717. The van der Waals surface area contributed by atoms with Crippen LogP contribution in [0.5, 0.6) is 5.88 Å². The summed E-state index contributed by atoms with van der Waals surface area (Å²) in [6.07, 6.45) is 4.50. The van der Waals surface area contributed by atoms with Crippen LogP contribution < -0.4 is 15.0 Å². The number of likely N-dealkylation sites (tertiary alicyclic amines) is 1. The molecule has 0 bridgehead atoms. The molecule has 6 rings (SSSR count). The Labute approximate surface area is 291 Å². The van der Waals surface area contributed by atoms with Crippen LogP contribution in [0.2, 0.25) is 0 Å². The lowest BCUT2D eigenvalue weighted by atomic mass is 9.61. The highest BCUT2D eigenvalue weighted by Gasteiger charge is 2.48. The minimum absolute atomic E-state index is 0.0584. The number of hydrogen-bond donors (Lipinski definition) is 1. The third-order valence-electron chi connectivity index (χ3n) is 9.40. The van der Waals surface area contributed by atoms with E-state index in [-0.39, 0.29) is 47.5 Å². The number of piperidine rings is 1. The number of fused-ring (bicyclic) bond motifs is 2. The zero-order valence-electron chi connectivity index (χ0n) is 30.0. The maximum Gasteiger partial charge on any atom is 0.415 e. The number of rotatable bonds is 3. The number of halogens is 1. The summed E-state index contributed by atoms with van der Waals surface area (Å²) in [6, 6.07) is 4.37. The fourth-order valence-electron chi connectivity index (χ4n) is 6.92. The summed E-state index contributed by atoms with van der Waals surface area (Å²) in [5.41, 5.74) is 0.598. The molecule has 3 amide bonds. The Hall–Kier alpha value is -4.68. The molecule has 13 heteroatoms. The number of aromatic nitrogens is 2. The molecule has 2 fully saturated rings. The highest BCUT2D eigenvalue weighted by Crippen LogP contribution is 2.50.